The van der Waals surface area contributed by atoms with Crippen molar-refractivity contribution in [2.24, 2.45) is 5.73 Å². The zero-order valence-corrected chi connectivity index (χ0v) is 10.3. The highest BCUT2D eigenvalue weighted by molar-refractivity contribution is 5.00. The molecule has 0 aromatic heterocycles. The van der Waals surface area contributed by atoms with Gasteiger partial charge < -0.3 is 5.73 Å². The molecule has 0 spiro atoms. The van der Waals surface area contributed by atoms with Crippen LogP contribution in [0.2, 0.25) is 0 Å². The van der Waals surface area contributed by atoms with Crippen molar-refractivity contribution in [1.82, 2.24) is 4.90 Å². The average Bonchev–Trinajstić information content (AvgIpc) is 2.15. The van der Waals surface area contributed by atoms with Gasteiger partial charge in [-0.05, 0) is 39.3 Å². The molecular weight excluding hydrogens is 231 g/mol. The van der Waals surface area contributed by atoms with Gasteiger partial charge in [0.05, 0.1) is 12.6 Å². The van der Waals surface area contributed by atoms with Gasteiger partial charge in [0.15, 0.2) is 0 Å². The van der Waals surface area contributed by atoms with Crippen LogP contribution in [-0.2, 0) is 0 Å². The van der Waals surface area contributed by atoms with Crippen molar-refractivity contribution in [3.8, 4) is 6.07 Å². The van der Waals surface area contributed by atoms with E-state index >= 15 is 0 Å². The van der Waals surface area contributed by atoms with Crippen LogP contribution < -0.4 is 5.73 Å². The second kappa shape index (κ2) is 6.82. The number of rotatable bonds is 7. The van der Waals surface area contributed by atoms with Gasteiger partial charge in [-0.3, -0.25) is 4.90 Å². The highest BCUT2D eigenvalue weighted by Gasteiger charge is 2.30. The van der Waals surface area contributed by atoms with Gasteiger partial charge in [-0.25, -0.2) is 0 Å². The molecule has 17 heavy (non-hydrogen) atoms. The second-order valence-electron chi connectivity index (χ2n) is 4.52. The third-order valence-electron chi connectivity index (χ3n) is 2.37. The van der Waals surface area contributed by atoms with Crippen LogP contribution in [0.5, 0.6) is 0 Å². The van der Waals surface area contributed by atoms with Crippen molar-refractivity contribution in [2.45, 2.75) is 44.8 Å². The van der Waals surface area contributed by atoms with Crippen molar-refractivity contribution in [3.05, 3.63) is 0 Å². The van der Waals surface area contributed by atoms with E-state index in [1.54, 1.807) is 6.92 Å². The van der Waals surface area contributed by atoms with Crippen LogP contribution in [-0.4, -0.2) is 36.2 Å². The molecule has 0 aromatic carbocycles. The van der Waals surface area contributed by atoms with Crippen molar-refractivity contribution >= 4 is 0 Å². The highest BCUT2D eigenvalue weighted by atomic mass is 19.4. The van der Waals surface area contributed by atoms with E-state index in [1.807, 2.05) is 13.0 Å². The van der Waals surface area contributed by atoms with Gasteiger partial charge in [0.1, 0.15) is 5.54 Å². The maximum absolute atomic E-state index is 12.2. The minimum atomic E-state index is -4.17. The number of nitriles is 1. The zero-order valence-electron chi connectivity index (χ0n) is 10.3. The van der Waals surface area contributed by atoms with Crippen LogP contribution in [0.25, 0.3) is 0 Å². The Labute approximate surface area is 100 Å². The van der Waals surface area contributed by atoms with Gasteiger partial charge in [0.2, 0.25) is 0 Å². The molecule has 1 atom stereocenters. The predicted octanol–water partition coefficient (Wildman–Crippen LogP) is 2.28. The molecule has 0 heterocycles. The number of nitrogens with zero attached hydrogens (tertiary/aromatic N) is 2. The lowest BCUT2D eigenvalue weighted by molar-refractivity contribution is -0.146. The molecule has 3 nitrogen and oxygen atoms in total. The first kappa shape index (κ1) is 16.2. The summed E-state index contributed by atoms with van der Waals surface area (Å²) in [5, 5.41) is 8.68. The lowest BCUT2D eigenvalue weighted by Gasteiger charge is -2.24. The maximum Gasteiger partial charge on any atom is 0.401 e. The summed E-state index contributed by atoms with van der Waals surface area (Å²) in [6.45, 7) is 3.26. The Bertz CT molecular complexity index is 256. The number of halogens is 3. The Morgan fingerprint density at radius 2 is 1.88 bits per heavy atom. The fraction of sp³-hybridized carbons (Fsp3) is 0.909. The maximum atomic E-state index is 12.2. The molecule has 0 fully saturated rings. The number of alkyl halides is 3. The van der Waals surface area contributed by atoms with E-state index in [2.05, 4.69) is 0 Å². The SMILES string of the molecule is CCCN(CCCC(C)(N)C#N)CC(F)(F)F. The van der Waals surface area contributed by atoms with E-state index in [-0.39, 0.29) is 0 Å². The first-order valence-corrected chi connectivity index (χ1v) is 5.69. The Hall–Kier alpha value is -0.800. The fourth-order valence-corrected chi connectivity index (χ4v) is 1.57. The van der Waals surface area contributed by atoms with Crippen molar-refractivity contribution in [2.75, 3.05) is 19.6 Å². The zero-order chi connectivity index (χ0) is 13.5. The lowest BCUT2D eigenvalue weighted by Crippen LogP contribution is -2.38. The molecule has 0 radical (unpaired) electrons. The van der Waals surface area contributed by atoms with Crippen LogP contribution >= 0.6 is 0 Å². The summed E-state index contributed by atoms with van der Waals surface area (Å²) >= 11 is 0. The molecule has 0 bridgehead atoms. The summed E-state index contributed by atoms with van der Waals surface area (Å²) < 4.78 is 36.7. The second-order valence-corrected chi connectivity index (χ2v) is 4.52. The van der Waals surface area contributed by atoms with Gasteiger partial charge in [-0.15, -0.1) is 0 Å². The number of hydrogen-bond acceptors (Lipinski definition) is 3. The van der Waals surface area contributed by atoms with E-state index in [0.29, 0.717) is 32.4 Å². The van der Waals surface area contributed by atoms with Crippen LogP contribution in [0.1, 0.15) is 33.1 Å². The molecule has 0 saturated carbocycles. The van der Waals surface area contributed by atoms with Crippen LogP contribution in [0.15, 0.2) is 0 Å². The fourth-order valence-electron chi connectivity index (χ4n) is 1.57. The van der Waals surface area contributed by atoms with E-state index < -0.39 is 18.3 Å². The van der Waals surface area contributed by atoms with E-state index in [4.69, 9.17) is 11.0 Å². The minimum Gasteiger partial charge on any atom is -0.314 e. The molecule has 0 saturated heterocycles. The van der Waals surface area contributed by atoms with Gasteiger partial charge in [-0.1, -0.05) is 6.92 Å². The molecule has 0 aromatic rings. The van der Waals surface area contributed by atoms with Gasteiger partial charge >= 0.3 is 6.18 Å². The Kier molecular flexibility index (Phi) is 6.50. The summed E-state index contributed by atoms with van der Waals surface area (Å²) in [4.78, 5) is 1.35. The predicted molar refractivity (Wildman–Crippen MR) is 60.2 cm³/mol. The topological polar surface area (TPSA) is 53.0 Å². The lowest BCUT2D eigenvalue weighted by atomic mass is 9.99. The normalized spacial score (nSPS) is 15.6. The summed E-state index contributed by atoms with van der Waals surface area (Å²) in [7, 11) is 0. The van der Waals surface area contributed by atoms with Gasteiger partial charge in [0, 0.05) is 0 Å². The number of hydrogen-bond donors (Lipinski definition) is 1. The molecule has 0 aliphatic heterocycles. The first-order valence-electron chi connectivity index (χ1n) is 5.69. The van der Waals surface area contributed by atoms with Crippen LogP contribution in [0.3, 0.4) is 0 Å². The first-order chi connectivity index (χ1) is 7.70. The molecule has 2 N–H and O–H groups in total. The summed E-state index contributed by atoms with van der Waals surface area (Å²) in [6, 6.07) is 1.93. The molecule has 0 aliphatic rings. The summed E-state index contributed by atoms with van der Waals surface area (Å²) in [5.74, 6) is 0. The Morgan fingerprint density at radius 1 is 1.29 bits per heavy atom. The minimum absolute atomic E-state index is 0.321. The third kappa shape index (κ3) is 8.95. The van der Waals surface area contributed by atoms with Crippen molar-refractivity contribution < 1.29 is 13.2 Å². The van der Waals surface area contributed by atoms with Crippen LogP contribution in [0, 0.1) is 11.3 Å². The van der Waals surface area contributed by atoms with E-state index in [0.717, 1.165) is 0 Å². The highest BCUT2D eigenvalue weighted by Crippen LogP contribution is 2.17. The third-order valence-corrected chi connectivity index (χ3v) is 2.37. The Morgan fingerprint density at radius 3 is 2.29 bits per heavy atom. The summed E-state index contributed by atoms with van der Waals surface area (Å²) in [6.07, 6.45) is -2.59. The average molecular weight is 251 g/mol. The molecule has 100 valence electrons. The summed E-state index contributed by atoms with van der Waals surface area (Å²) in [5.41, 5.74) is 4.65. The molecule has 0 amide bonds. The molecule has 0 rings (SSSR count). The van der Waals surface area contributed by atoms with E-state index in [9.17, 15) is 13.2 Å². The smallest absolute Gasteiger partial charge is 0.314 e. The van der Waals surface area contributed by atoms with Crippen molar-refractivity contribution in [3.63, 3.8) is 0 Å². The number of nitrogens with two attached hydrogens (primary N) is 1. The molecule has 0 aliphatic carbocycles. The van der Waals surface area contributed by atoms with Gasteiger partial charge in [0.25, 0.3) is 0 Å². The monoisotopic (exact) mass is 251 g/mol. The standard InChI is InChI=1S/C11H20F3N3/c1-3-6-17(9-11(12,13)14)7-4-5-10(2,16)8-15/h3-7,9,16H2,1-2H3. The van der Waals surface area contributed by atoms with E-state index in [1.165, 1.54) is 4.90 Å². The molecule has 6 heteroatoms. The quantitative estimate of drug-likeness (QED) is 0.755. The van der Waals surface area contributed by atoms with Crippen LogP contribution in [0.4, 0.5) is 13.2 Å². The largest absolute Gasteiger partial charge is 0.401 e. The Balaban J connectivity index is 4.07. The van der Waals surface area contributed by atoms with Gasteiger partial charge in [-0.2, -0.15) is 18.4 Å². The molecule has 1 unspecified atom stereocenters. The molecular formula is C11H20F3N3. The van der Waals surface area contributed by atoms with Crippen molar-refractivity contribution in [1.29, 1.82) is 5.26 Å².